The molecule has 0 heterocycles. The number of hydrogen-bond donors (Lipinski definition) is 3. The van der Waals surface area contributed by atoms with Gasteiger partial charge in [0.2, 0.25) is 0 Å². The monoisotopic (exact) mass is 402 g/mol. The number of carbonyl (C=O) groups is 1. The van der Waals surface area contributed by atoms with Crippen LogP contribution in [0.25, 0.3) is 0 Å². The number of guanidine groups is 1. The van der Waals surface area contributed by atoms with Gasteiger partial charge in [-0.15, -0.1) is 0 Å². The standard InChI is InChI=1S/C23H38N4O2/c1-4-24-21(28)20-11-9-19(10-12-20)17-26-22(25-5-2)27-18-23(13-7-8-14-23)15-16-29-6-3/h9-12H,4-8,13-18H2,1-3H3,(H,24,28)(H2,25,26,27). The number of benzene rings is 1. The number of carbonyl (C=O) groups excluding carboxylic acids is 1. The van der Waals surface area contributed by atoms with E-state index in [1.165, 1.54) is 25.7 Å². The van der Waals surface area contributed by atoms with E-state index in [0.29, 0.717) is 24.1 Å². The summed E-state index contributed by atoms with van der Waals surface area (Å²) in [6, 6.07) is 7.66. The number of nitrogens with one attached hydrogen (secondary N) is 3. The van der Waals surface area contributed by atoms with Crippen molar-refractivity contribution in [2.45, 2.75) is 59.4 Å². The second-order valence-corrected chi connectivity index (χ2v) is 7.76. The summed E-state index contributed by atoms with van der Waals surface area (Å²) in [6.07, 6.45) is 6.23. The molecule has 1 fully saturated rings. The molecular formula is C23H38N4O2. The molecule has 6 heteroatoms. The van der Waals surface area contributed by atoms with Gasteiger partial charge in [0.1, 0.15) is 0 Å². The molecule has 2 rings (SSSR count). The quantitative estimate of drug-likeness (QED) is 0.301. The van der Waals surface area contributed by atoms with Gasteiger partial charge < -0.3 is 20.7 Å². The lowest BCUT2D eigenvalue weighted by molar-refractivity contribution is 0.0955. The van der Waals surface area contributed by atoms with Gasteiger partial charge in [0, 0.05) is 38.4 Å². The van der Waals surface area contributed by atoms with Crippen LogP contribution in [0.4, 0.5) is 0 Å². The van der Waals surface area contributed by atoms with E-state index < -0.39 is 0 Å². The summed E-state index contributed by atoms with van der Waals surface area (Å²) in [5.41, 5.74) is 2.09. The first kappa shape index (κ1) is 23.2. The normalized spacial score (nSPS) is 15.9. The van der Waals surface area contributed by atoms with Crippen LogP contribution < -0.4 is 16.0 Å². The van der Waals surface area contributed by atoms with E-state index in [1.807, 2.05) is 31.2 Å². The molecule has 0 radical (unpaired) electrons. The van der Waals surface area contributed by atoms with Gasteiger partial charge in [0.15, 0.2) is 5.96 Å². The lowest BCUT2D eigenvalue weighted by Crippen LogP contribution is -2.43. The summed E-state index contributed by atoms with van der Waals surface area (Å²) in [4.78, 5) is 16.6. The van der Waals surface area contributed by atoms with Gasteiger partial charge in [-0.3, -0.25) is 4.79 Å². The molecule has 0 unspecified atom stereocenters. The molecule has 1 aromatic rings. The Hall–Kier alpha value is -2.08. The van der Waals surface area contributed by atoms with Crippen molar-refractivity contribution >= 4 is 11.9 Å². The highest BCUT2D eigenvalue weighted by Crippen LogP contribution is 2.40. The van der Waals surface area contributed by atoms with Crippen LogP contribution in [0.1, 0.15) is 68.8 Å². The first-order chi connectivity index (χ1) is 14.1. The molecule has 0 bridgehead atoms. The zero-order valence-corrected chi connectivity index (χ0v) is 18.4. The molecule has 1 aliphatic carbocycles. The average molecular weight is 403 g/mol. The van der Waals surface area contributed by atoms with Gasteiger partial charge in [-0.25, -0.2) is 4.99 Å². The fourth-order valence-corrected chi connectivity index (χ4v) is 3.88. The zero-order chi connectivity index (χ0) is 21.0. The van der Waals surface area contributed by atoms with Crippen LogP contribution in [-0.2, 0) is 11.3 Å². The molecule has 1 aromatic carbocycles. The molecular weight excluding hydrogens is 364 g/mol. The highest BCUT2D eigenvalue weighted by Gasteiger charge is 2.33. The second-order valence-electron chi connectivity index (χ2n) is 7.76. The summed E-state index contributed by atoms with van der Waals surface area (Å²) in [5, 5.41) is 9.74. The largest absolute Gasteiger partial charge is 0.382 e. The van der Waals surface area contributed by atoms with Gasteiger partial charge in [0.05, 0.1) is 6.54 Å². The highest BCUT2D eigenvalue weighted by atomic mass is 16.5. The number of aliphatic imine (C=N–C) groups is 1. The van der Waals surface area contributed by atoms with Crippen LogP contribution in [0.15, 0.2) is 29.3 Å². The van der Waals surface area contributed by atoms with E-state index in [0.717, 1.165) is 44.2 Å². The van der Waals surface area contributed by atoms with Crippen molar-refractivity contribution < 1.29 is 9.53 Å². The van der Waals surface area contributed by atoms with Crippen molar-refractivity contribution in [2.24, 2.45) is 10.4 Å². The summed E-state index contributed by atoms with van der Waals surface area (Å²) >= 11 is 0. The summed E-state index contributed by atoms with van der Waals surface area (Å²) in [6.45, 7) is 10.7. The van der Waals surface area contributed by atoms with Crippen molar-refractivity contribution in [1.29, 1.82) is 0 Å². The fourth-order valence-electron chi connectivity index (χ4n) is 3.88. The molecule has 0 saturated heterocycles. The van der Waals surface area contributed by atoms with Gasteiger partial charge in [0.25, 0.3) is 5.91 Å². The Labute approximate surface area is 175 Å². The van der Waals surface area contributed by atoms with E-state index in [2.05, 4.69) is 29.8 Å². The number of nitrogens with zero attached hydrogens (tertiary/aromatic N) is 1. The minimum atomic E-state index is -0.0357. The average Bonchev–Trinajstić information content (AvgIpc) is 3.20. The van der Waals surface area contributed by atoms with Crippen molar-refractivity contribution in [2.75, 3.05) is 32.8 Å². The number of rotatable bonds is 11. The number of ether oxygens (including phenoxy) is 1. The van der Waals surface area contributed by atoms with Crippen molar-refractivity contribution in [3.63, 3.8) is 0 Å². The van der Waals surface area contributed by atoms with Crippen LogP contribution in [0.2, 0.25) is 0 Å². The third-order valence-electron chi connectivity index (χ3n) is 5.59. The van der Waals surface area contributed by atoms with Crippen LogP contribution >= 0.6 is 0 Å². The maximum Gasteiger partial charge on any atom is 0.251 e. The first-order valence-corrected chi connectivity index (χ1v) is 11.1. The summed E-state index contributed by atoms with van der Waals surface area (Å²) in [5.74, 6) is 0.814. The van der Waals surface area contributed by atoms with E-state index in [1.54, 1.807) is 0 Å². The zero-order valence-electron chi connectivity index (χ0n) is 18.4. The second kappa shape index (κ2) is 12.5. The Kier molecular flexibility index (Phi) is 9.98. The molecule has 0 spiro atoms. The molecule has 0 atom stereocenters. The van der Waals surface area contributed by atoms with E-state index in [9.17, 15) is 4.79 Å². The maximum atomic E-state index is 11.9. The van der Waals surface area contributed by atoms with E-state index in [-0.39, 0.29) is 5.91 Å². The van der Waals surface area contributed by atoms with Gasteiger partial charge in [-0.05, 0) is 63.1 Å². The fraction of sp³-hybridized carbons (Fsp3) is 0.652. The summed E-state index contributed by atoms with van der Waals surface area (Å²) in [7, 11) is 0. The van der Waals surface area contributed by atoms with Gasteiger partial charge in [-0.2, -0.15) is 0 Å². The summed E-state index contributed by atoms with van der Waals surface area (Å²) < 4.78 is 5.62. The Morgan fingerprint density at radius 2 is 1.72 bits per heavy atom. The minimum absolute atomic E-state index is 0.0357. The third kappa shape index (κ3) is 7.69. The molecule has 0 aliphatic heterocycles. The highest BCUT2D eigenvalue weighted by molar-refractivity contribution is 5.94. The number of hydrogen-bond acceptors (Lipinski definition) is 3. The van der Waals surface area contributed by atoms with Crippen LogP contribution in [0.3, 0.4) is 0 Å². The van der Waals surface area contributed by atoms with Crippen LogP contribution in [0, 0.1) is 5.41 Å². The SMILES string of the molecule is CCNC(=O)c1ccc(CN=C(NCC)NCC2(CCOCC)CCCC2)cc1. The predicted octanol–water partition coefficient (Wildman–Crippen LogP) is 3.48. The Morgan fingerprint density at radius 3 is 2.34 bits per heavy atom. The lowest BCUT2D eigenvalue weighted by Gasteiger charge is -2.30. The van der Waals surface area contributed by atoms with Gasteiger partial charge >= 0.3 is 0 Å². The molecule has 1 saturated carbocycles. The Bertz CT molecular complexity index is 637. The molecule has 1 aliphatic rings. The van der Waals surface area contributed by atoms with E-state index in [4.69, 9.17) is 9.73 Å². The topological polar surface area (TPSA) is 74.8 Å². The smallest absolute Gasteiger partial charge is 0.251 e. The van der Waals surface area contributed by atoms with Crippen LogP contribution in [0.5, 0.6) is 0 Å². The van der Waals surface area contributed by atoms with Crippen LogP contribution in [-0.4, -0.2) is 44.7 Å². The molecule has 29 heavy (non-hydrogen) atoms. The minimum Gasteiger partial charge on any atom is -0.382 e. The molecule has 162 valence electrons. The first-order valence-electron chi connectivity index (χ1n) is 11.1. The predicted molar refractivity (Wildman–Crippen MR) is 119 cm³/mol. The molecule has 6 nitrogen and oxygen atoms in total. The Balaban J connectivity index is 1.93. The molecule has 0 aromatic heterocycles. The van der Waals surface area contributed by atoms with Crippen molar-refractivity contribution in [3.05, 3.63) is 35.4 Å². The lowest BCUT2D eigenvalue weighted by atomic mass is 9.83. The van der Waals surface area contributed by atoms with E-state index >= 15 is 0 Å². The number of amides is 1. The maximum absolute atomic E-state index is 11.9. The molecule has 3 N–H and O–H groups in total. The van der Waals surface area contributed by atoms with Crippen molar-refractivity contribution in [3.8, 4) is 0 Å². The van der Waals surface area contributed by atoms with Crippen molar-refractivity contribution in [1.82, 2.24) is 16.0 Å². The Morgan fingerprint density at radius 1 is 1.03 bits per heavy atom. The molecule has 1 amide bonds. The third-order valence-corrected chi connectivity index (χ3v) is 5.59. The van der Waals surface area contributed by atoms with Gasteiger partial charge in [-0.1, -0.05) is 25.0 Å².